The van der Waals surface area contributed by atoms with E-state index in [2.05, 4.69) is 24.1 Å². The van der Waals surface area contributed by atoms with Crippen molar-refractivity contribution in [3.05, 3.63) is 35.7 Å². The first-order valence-corrected chi connectivity index (χ1v) is 13.5. The zero-order valence-electron chi connectivity index (χ0n) is 18.1. The Bertz CT molecular complexity index is 1090. The third kappa shape index (κ3) is 3.34. The van der Waals surface area contributed by atoms with Crippen molar-refractivity contribution in [3.8, 4) is 11.3 Å². The van der Waals surface area contributed by atoms with Crippen molar-refractivity contribution < 1.29 is 13.2 Å². The highest BCUT2D eigenvalue weighted by Gasteiger charge is 2.65. The minimum absolute atomic E-state index is 0.0300. The topological polar surface area (TPSA) is 70.6 Å². The summed E-state index contributed by atoms with van der Waals surface area (Å²) in [7, 11) is -3.49. The summed E-state index contributed by atoms with van der Waals surface area (Å²) in [6, 6.07) is 10.1. The maximum absolute atomic E-state index is 13.3. The van der Waals surface area contributed by atoms with Crippen LogP contribution < -0.4 is 4.90 Å². The SMILES string of the molecule is CC1(C)[C@H]2CC[C@@]1(CS(=O)(=O)N1CCN(c3nc(-c4ccccc4)cs3)CC1)C(=O)C2. The Morgan fingerprint density at radius 1 is 1.13 bits per heavy atom. The number of rotatable bonds is 5. The first-order valence-electron chi connectivity index (χ1n) is 11.0. The van der Waals surface area contributed by atoms with Crippen LogP contribution in [-0.2, 0) is 14.8 Å². The summed E-state index contributed by atoms with van der Waals surface area (Å²) in [6.45, 7) is 6.31. The molecular formula is C23H29N3O3S2. The Morgan fingerprint density at radius 3 is 2.45 bits per heavy atom. The largest absolute Gasteiger partial charge is 0.345 e. The van der Waals surface area contributed by atoms with Gasteiger partial charge in [0.1, 0.15) is 5.78 Å². The molecule has 0 N–H and O–H groups in total. The number of anilines is 1. The summed E-state index contributed by atoms with van der Waals surface area (Å²) in [5.41, 5.74) is 1.11. The molecule has 1 aliphatic heterocycles. The minimum atomic E-state index is -3.49. The fourth-order valence-electron chi connectivity index (χ4n) is 5.82. The van der Waals surface area contributed by atoms with Gasteiger partial charge in [0.15, 0.2) is 5.13 Å². The number of benzene rings is 1. The fourth-order valence-corrected chi connectivity index (χ4v) is 8.91. The minimum Gasteiger partial charge on any atom is -0.345 e. The molecule has 2 aliphatic carbocycles. The molecule has 2 heterocycles. The molecule has 8 heteroatoms. The van der Waals surface area contributed by atoms with E-state index in [-0.39, 0.29) is 17.0 Å². The molecule has 2 saturated carbocycles. The van der Waals surface area contributed by atoms with Crippen molar-refractivity contribution in [1.82, 2.24) is 9.29 Å². The van der Waals surface area contributed by atoms with Crippen molar-refractivity contribution in [1.29, 1.82) is 0 Å². The standard InChI is InChI=1S/C23H29N3O3S2/c1-22(2)18-8-9-23(22,20(27)14-18)16-31(28,29)26-12-10-25(11-13-26)21-24-19(15-30-21)17-6-4-3-5-7-17/h3-7,15,18H,8-14,16H2,1-2H3/t18-,23+/m0/s1. The molecule has 5 rings (SSSR count). The lowest BCUT2D eigenvalue weighted by atomic mass is 9.70. The number of hydrogen-bond acceptors (Lipinski definition) is 6. The predicted octanol–water partition coefficient (Wildman–Crippen LogP) is 3.66. The van der Waals surface area contributed by atoms with E-state index >= 15 is 0 Å². The lowest BCUT2D eigenvalue weighted by Crippen LogP contribution is -2.52. The highest BCUT2D eigenvalue weighted by atomic mass is 32.2. The van der Waals surface area contributed by atoms with Gasteiger partial charge in [-0.3, -0.25) is 4.79 Å². The van der Waals surface area contributed by atoms with Crippen molar-refractivity contribution in [3.63, 3.8) is 0 Å². The van der Waals surface area contributed by atoms with Crippen LogP contribution in [0.1, 0.15) is 33.1 Å². The lowest BCUT2D eigenvalue weighted by molar-refractivity contribution is -0.128. The van der Waals surface area contributed by atoms with E-state index in [1.54, 1.807) is 15.6 Å². The number of carbonyl (C=O) groups excluding carboxylic acids is 1. The van der Waals surface area contributed by atoms with Crippen LogP contribution in [0.4, 0.5) is 5.13 Å². The van der Waals surface area contributed by atoms with Crippen molar-refractivity contribution in [2.45, 2.75) is 33.1 Å². The van der Waals surface area contributed by atoms with E-state index in [1.165, 1.54) is 0 Å². The summed E-state index contributed by atoms with van der Waals surface area (Å²) in [4.78, 5) is 19.7. The number of piperazine rings is 1. The Balaban J connectivity index is 1.26. The molecule has 1 saturated heterocycles. The van der Waals surface area contributed by atoms with Gasteiger partial charge in [-0.2, -0.15) is 4.31 Å². The second-order valence-corrected chi connectivity index (χ2v) is 12.5. The first-order chi connectivity index (χ1) is 14.7. The Kier molecular flexibility index (Phi) is 5.03. The quantitative estimate of drug-likeness (QED) is 0.683. The average molecular weight is 460 g/mol. The van der Waals surface area contributed by atoms with Gasteiger partial charge in [-0.25, -0.2) is 13.4 Å². The monoisotopic (exact) mass is 459 g/mol. The summed E-state index contributed by atoms with van der Waals surface area (Å²) in [6.07, 6.45) is 2.23. The third-order valence-corrected chi connectivity index (χ3v) is 10.9. The Morgan fingerprint density at radius 2 is 1.84 bits per heavy atom. The highest BCUT2D eigenvalue weighted by molar-refractivity contribution is 7.89. The van der Waals surface area contributed by atoms with Gasteiger partial charge in [0, 0.05) is 49.0 Å². The predicted molar refractivity (Wildman–Crippen MR) is 124 cm³/mol. The van der Waals surface area contributed by atoms with E-state index in [1.807, 2.05) is 30.3 Å². The molecule has 0 radical (unpaired) electrons. The molecule has 0 amide bonds. The number of sulfonamides is 1. The van der Waals surface area contributed by atoms with Gasteiger partial charge in [0.25, 0.3) is 0 Å². The van der Waals surface area contributed by atoms with Crippen LogP contribution >= 0.6 is 11.3 Å². The molecule has 166 valence electrons. The summed E-state index contributed by atoms with van der Waals surface area (Å²) in [5, 5.41) is 2.98. The number of nitrogens with zero attached hydrogens (tertiary/aromatic N) is 3. The smallest absolute Gasteiger partial charge is 0.215 e. The number of thiazole rings is 1. The molecule has 0 spiro atoms. The van der Waals surface area contributed by atoms with Crippen molar-refractivity contribution in [2.75, 3.05) is 36.8 Å². The molecular weight excluding hydrogens is 430 g/mol. The number of Topliss-reactive ketones (excluding diaryl/α,β-unsaturated/α-hetero) is 1. The summed E-state index contributed by atoms with van der Waals surface area (Å²) < 4.78 is 28.3. The van der Waals surface area contributed by atoms with Crippen LogP contribution in [0.2, 0.25) is 0 Å². The normalized spacial score (nSPS) is 28.4. The molecule has 0 unspecified atom stereocenters. The summed E-state index contributed by atoms with van der Waals surface area (Å²) in [5.74, 6) is 0.459. The van der Waals surface area contributed by atoms with Crippen LogP contribution in [0.15, 0.2) is 35.7 Å². The Labute approximate surface area is 188 Å². The van der Waals surface area contributed by atoms with Gasteiger partial charge < -0.3 is 4.90 Å². The first kappa shape index (κ1) is 21.1. The molecule has 6 nitrogen and oxygen atoms in total. The molecule has 2 atom stereocenters. The van der Waals surface area contributed by atoms with Crippen LogP contribution in [0.3, 0.4) is 0 Å². The number of fused-ring (bicyclic) bond motifs is 2. The number of hydrogen-bond donors (Lipinski definition) is 0. The van der Waals surface area contributed by atoms with E-state index in [9.17, 15) is 13.2 Å². The van der Waals surface area contributed by atoms with Gasteiger partial charge in [-0.1, -0.05) is 44.2 Å². The molecule has 3 aliphatic rings. The van der Waals surface area contributed by atoms with Crippen LogP contribution in [0.5, 0.6) is 0 Å². The lowest BCUT2D eigenvalue weighted by Gasteiger charge is -2.39. The Hall–Kier alpha value is -1.77. The fraction of sp³-hybridized carbons (Fsp3) is 0.565. The molecule has 1 aromatic carbocycles. The second-order valence-electron chi connectivity index (χ2n) is 9.69. The van der Waals surface area contributed by atoms with Crippen LogP contribution in [0, 0.1) is 16.7 Å². The average Bonchev–Trinajstić information content (AvgIpc) is 3.38. The third-order valence-electron chi connectivity index (χ3n) is 8.03. The van der Waals surface area contributed by atoms with E-state index < -0.39 is 15.4 Å². The molecule has 3 fully saturated rings. The van der Waals surface area contributed by atoms with Crippen LogP contribution in [-0.4, -0.2) is 55.4 Å². The number of carbonyl (C=O) groups is 1. The van der Waals surface area contributed by atoms with Gasteiger partial charge >= 0.3 is 0 Å². The molecule has 31 heavy (non-hydrogen) atoms. The molecule has 2 bridgehead atoms. The highest BCUT2D eigenvalue weighted by Crippen LogP contribution is 2.64. The maximum Gasteiger partial charge on any atom is 0.215 e. The summed E-state index contributed by atoms with van der Waals surface area (Å²) >= 11 is 1.60. The molecule has 2 aromatic rings. The zero-order chi connectivity index (χ0) is 21.9. The van der Waals surface area contributed by atoms with Crippen molar-refractivity contribution >= 4 is 32.3 Å². The van der Waals surface area contributed by atoms with Crippen molar-refractivity contribution in [2.24, 2.45) is 16.7 Å². The van der Waals surface area contributed by atoms with E-state index in [4.69, 9.17) is 4.98 Å². The second kappa shape index (κ2) is 7.39. The number of ketones is 1. The van der Waals surface area contributed by atoms with Gasteiger partial charge in [-0.05, 0) is 24.2 Å². The van der Waals surface area contributed by atoms with Gasteiger partial charge in [-0.15, -0.1) is 11.3 Å². The van der Waals surface area contributed by atoms with Gasteiger partial charge in [0.05, 0.1) is 11.4 Å². The van der Waals surface area contributed by atoms with E-state index in [0.717, 1.165) is 22.8 Å². The van der Waals surface area contributed by atoms with Gasteiger partial charge in [0.2, 0.25) is 10.0 Å². The number of aromatic nitrogens is 1. The van der Waals surface area contributed by atoms with Crippen LogP contribution in [0.25, 0.3) is 11.3 Å². The molecule has 1 aromatic heterocycles. The van der Waals surface area contributed by atoms with E-state index in [0.29, 0.717) is 44.9 Å². The zero-order valence-corrected chi connectivity index (χ0v) is 19.7. The maximum atomic E-state index is 13.3.